The van der Waals surface area contributed by atoms with E-state index in [-0.39, 0.29) is 5.57 Å². The van der Waals surface area contributed by atoms with Gasteiger partial charge in [-0.25, -0.2) is 9.69 Å². The minimum atomic E-state index is -0.816. The van der Waals surface area contributed by atoms with E-state index in [4.69, 9.17) is 21.1 Å². The Kier molecular flexibility index (Phi) is 6.65. The van der Waals surface area contributed by atoms with Gasteiger partial charge in [0.05, 0.1) is 19.9 Å². The van der Waals surface area contributed by atoms with Crippen LogP contribution in [0.3, 0.4) is 0 Å². The molecule has 0 atom stereocenters. The third-order valence-corrected chi connectivity index (χ3v) is 5.79. The molecule has 0 saturated carbocycles. The maximum Gasteiger partial charge on any atom is 0.335 e. The smallest absolute Gasteiger partial charge is 0.335 e. The first-order valence-corrected chi connectivity index (χ1v) is 10.7. The Labute approximate surface area is 201 Å². The molecule has 1 fully saturated rings. The van der Waals surface area contributed by atoms with Crippen LogP contribution in [0.1, 0.15) is 16.7 Å². The minimum absolute atomic E-state index is 0.166. The van der Waals surface area contributed by atoms with Crippen LogP contribution in [0.2, 0.25) is 5.02 Å². The van der Waals surface area contributed by atoms with Crippen LogP contribution in [0.5, 0.6) is 11.5 Å². The van der Waals surface area contributed by atoms with Gasteiger partial charge in [-0.15, -0.1) is 0 Å². The van der Waals surface area contributed by atoms with Gasteiger partial charge in [-0.3, -0.25) is 14.9 Å². The summed E-state index contributed by atoms with van der Waals surface area (Å²) in [6.07, 6.45) is 1.93. The molecule has 0 unspecified atom stereocenters. The van der Waals surface area contributed by atoms with Crippen LogP contribution in [-0.2, 0) is 16.0 Å². The number of nitrogens with zero attached hydrogens (tertiary/aromatic N) is 1. The number of rotatable bonds is 6. The SMILES string of the molecule is COc1ccc(N2C(=O)NC(=O)/C(=C\c3ccc(OC)cc3Cc3ccccc3Cl)C2=O)cc1. The number of barbiturate groups is 1. The summed E-state index contributed by atoms with van der Waals surface area (Å²) in [5.74, 6) is -0.292. The number of halogens is 1. The summed E-state index contributed by atoms with van der Waals surface area (Å²) in [7, 11) is 3.07. The lowest BCUT2D eigenvalue weighted by Gasteiger charge is -2.26. The zero-order valence-corrected chi connectivity index (χ0v) is 19.3. The fourth-order valence-electron chi connectivity index (χ4n) is 3.63. The summed E-state index contributed by atoms with van der Waals surface area (Å²) in [5, 5.41) is 2.84. The van der Waals surface area contributed by atoms with Gasteiger partial charge in [0.15, 0.2) is 0 Å². The molecular weight excluding hydrogens is 456 g/mol. The largest absolute Gasteiger partial charge is 0.497 e. The van der Waals surface area contributed by atoms with Crippen LogP contribution >= 0.6 is 11.6 Å². The summed E-state index contributed by atoms with van der Waals surface area (Å²) in [6.45, 7) is 0. The van der Waals surface area contributed by atoms with Gasteiger partial charge in [-0.2, -0.15) is 0 Å². The highest BCUT2D eigenvalue weighted by Crippen LogP contribution is 2.28. The van der Waals surface area contributed by atoms with Crippen molar-refractivity contribution < 1.29 is 23.9 Å². The second kappa shape index (κ2) is 9.80. The summed E-state index contributed by atoms with van der Waals surface area (Å²) < 4.78 is 10.5. The minimum Gasteiger partial charge on any atom is -0.497 e. The van der Waals surface area contributed by atoms with E-state index < -0.39 is 17.8 Å². The molecule has 4 amide bonds. The Morgan fingerprint density at radius 2 is 1.56 bits per heavy atom. The van der Waals surface area contributed by atoms with Crippen molar-refractivity contribution in [1.29, 1.82) is 0 Å². The highest BCUT2D eigenvalue weighted by Gasteiger charge is 2.37. The number of anilines is 1. The molecule has 1 aliphatic heterocycles. The molecular formula is C26H21ClN2O5. The fourth-order valence-corrected chi connectivity index (χ4v) is 3.83. The Morgan fingerprint density at radius 3 is 2.24 bits per heavy atom. The van der Waals surface area contributed by atoms with Gasteiger partial charge in [0.2, 0.25) is 0 Å². The second-order valence-electron chi connectivity index (χ2n) is 7.49. The number of imide groups is 2. The van der Waals surface area contributed by atoms with E-state index in [0.29, 0.717) is 34.2 Å². The predicted octanol–water partition coefficient (Wildman–Crippen LogP) is 4.61. The summed E-state index contributed by atoms with van der Waals surface area (Å²) in [6, 6.07) is 18.3. The van der Waals surface area contributed by atoms with Gasteiger partial charge < -0.3 is 9.47 Å². The number of methoxy groups -OCH3 is 2. The molecule has 1 saturated heterocycles. The molecule has 1 N–H and O–H groups in total. The van der Waals surface area contributed by atoms with E-state index in [1.165, 1.54) is 13.2 Å². The van der Waals surface area contributed by atoms with Crippen molar-refractivity contribution >= 4 is 41.2 Å². The van der Waals surface area contributed by atoms with E-state index in [9.17, 15) is 14.4 Å². The van der Waals surface area contributed by atoms with E-state index in [1.54, 1.807) is 49.6 Å². The van der Waals surface area contributed by atoms with Gasteiger partial charge in [0.25, 0.3) is 11.8 Å². The molecule has 0 spiro atoms. The number of ether oxygens (including phenoxy) is 2. The molecule has 3 aromatic carbocycles. The third kappa shape index (κ3) is 4.65. The van der Waals surface area contributed by atoms with Crippen molar-refractivity contribution in [2.75, 3.05) is 19.1 Å². The topological polar surface area (TPSA) is 84.9 Å². The average molecular weight is 477 g/mol. The number of benzene rings is 3. The van der Waals surface area contributed by atoms with Crippen LogP contribution in [0, 0.1) is 0 Å². The number of carbonyl (C=O) groups excluding carboxylic acids is 3. The highest BCUT2D eigenvalue weighted by atomic mass is 35.5. The third-order valence-electron chi connectivity index (χ3n) is 5.42. The summed E-state index contributed by atoms with van der Waals surface area (Å²) in [5.41, 5.74) is 2.46. The van der Waals surface area contributed by atoms with Crippen molar-refractivity contribution in [3.05, 3.63) is 94.0 Å². The Morgan fingerprint density at radius 1 is 0.882 bits per heavy atom. The molecule has 0 radical (unpaired) electrons. The lowest BCUT2D eigenvalue weighted by molar-refractivity contribution is -0.122. The standard InChI is InChI=1S/C26H21ClN2O5/c1-33-20-11-8-19(9-12-20)29-25(31)22(24(30)28-26(29)32)15-16-7-10-21(34-2)14-18(16)13-17-5-3-4-6-23(17)27/h3-12,14-15H,13H2,1-2H3,(H,28,30,32)/b22-15+. The molecule has 8 heteroatoms. The average Bonchev–Trinajstić information content (AvgIpc) is 2.84. The van der Waals surface area contributed by atoms with Gasteiger partial charge in [-0.05, 0) is 71.7 Å². The lowest BCUT2D eigenvalue weighted by atomic mass is 9.97. The molecule has 34 heavy (non-hydrogen) atoms. The monoisotopic (exact) mass is 476 g/mol. The molecule has 1 heterocycles. The van der Waals surface area contributed by atoms with Crippen molar-refractivity contribution in [2.45, 2.75) is 6.42 Å². The Bertz CT molecular complexity index is 1300. The molecule has 4 rings (SSSR count). The number of hydrogen-bond donors (Lipinski definition) is 1. The van der Waals surface area contributed by atoms with Crippen LogP contribution in [0.4, 0.5) is 10.5 Å². The summed E-state index contributed by atoms with van der Waals surface area (Å²) >= 11 is 6.34. The zero-order chi connectivity index (χ0) is 24.2. The van der Waals surface area contributed by atoms with Crippen molar-refractivity contribution in [3.8, 4) is 11.5 Å². The number of amides is 4. The highest BCUT2D eigenvalue weighted by molar-refractivity contribution is 6.39. The van der Waals surface area contributed by atoms with Crippen molar-refractivity contribution in [2.24, 2.45) is 0 Å². The van der Waals surface area contributed by atoms with Crippen LogP contribution in [0.25, 0.3) is 6.08 Å². The van der Waals surface area contributed by atoms with E-state index in [0.717, 1.165) is 16.0 Å². The first kappa shape index (κ1) is 23.1. The van der Waals surface area contributed by atoms with E-state index in [2.05, 4.69) is 5.32 Å². The molecule has 0 bridgehead atoms. The van der Waals surface area contributed by atoms with Crippen molar-refractivity contribution in [3.63, 3.8) is 0 Å². The molecule has 1 aliphatic rings. The van der Waals surface area contributed by atoms with Gasteiger partial charge in [0.1, 0.15) is 17.1 Å². The maximum atomic E-state index is 13.3. The molecule has 0 aromatic heterocycles. The van der Waals surface area contributed by atoms with E-state index >= 15 is 0 Å². The molecule has 7 nitrogen and oxygen atoms in total. The fraction of sp³-hybridized carbons (Fsp3) is 0.115. The quantitative estimate of drug-likeness (QED) is 0.414. The number of nitrogens with one attached hydrogen (secondary N) is 1. The number of urea groups is 1. The zero-order valence-electron chi connectivity index (χ0n) is 18.5. The van der Waals surface area contributed by atoms with E-state index in [1.807, 2.05) is 24.3 Å². The van der Waals surface area contributed by atoms with Crippen LogP contribution in [-0.4, -0.2) is 32.1 Å². The van der Waals surface area contributed by atoms with Gasteiger partial charge >= 0.3 is 6.03 Å². The second-order valence-corrected chi connectivity index (χ2v) is 7.90. The maximum absolute atomic E-state index is 13.3. The lowest BCUT2D eigenvalue weighted by Crippen LogP contribution is -2.54. The molecule has 0 aliphatic carbocycles. The van der Waals surface area contributed by atoms with Crippen LogP contribution in [0.15, 0.2) is 72.3 Å². The molecule has 3 aromatic rings. The van der Waals surface area contributed by atoms with Gasteiger partial charge in [-0.1, -0.05) is 35.9 Å². The van der Waals surface area contributed by atoms with Gasteiger partial charge in [0, 0.05) is 5.02 Å². The normalized spacial score (nSPS) is 14.9. The number of carbonyl (C=O) groups is 3. The van der Waals surface area contributed by atoms with Crippen LogP contribution < -0.4 is 19.7 Å². The van der Waals surface area contributed by atoms with Crippen molar-refractivity contribution in [1.82, 2.24) is 5.32 Å². The number of hydrogen-bond acceptors (Lipinski definition) is 5. The summed E-state index contributed by atoms with van der Waals surface area (Å²) in [4.78, 5) is 39.3. The first-order valence-electron chi connectivity index (χ1n) is 10.4. The molecule has 172 valence electrons. The first-order chi connectivity index (χ1) is 16.4. The Balaban J connectivity index is 1.74. The Hall–Kier alpha value is -4.10. The predicted molar refractivity (Wildman–Crippen MR) is 129 cm³/mol.